The molecule has 0 spiro atoms. The van der Waals surface area contributed by atoms with E-state index in [-0.39, 0.29) is 24.2 Å². The Morgan fingerprint density at radius 1 is 1.29 bits per heavy atom. The molecule has 0 aromatic heterocycles. The maximum Gasteiger partial charge on any atom is 0.186 e. The maximum atomic E-state index is 6.29. The Bertz CT molecular complexity index is 548. The monoisotopic (exact) mass is 333 g/mol. The van der Waals surface area contributed by atoms with Crippen LogP contribution in [0.4, 0.5) is 0 Å². The lowest BCUT2D eigenvalue weighted by molar-refractivity contribution is -0.245. The van der Waals surface area contributed by atoms with Crippen LogP contribution in [0, 0.1) is 5.92 Å². The van der Waals surface area contributed by atoms with Crippen LogP contribution in [0.15, 0.2) is 43.0 Å². The van der Waals surface area contributed by atoms with Crippen LogP contribution in [0.1, 0.15) is 25.8 Å². The smallest absolute Gasteiger partial charge is 0.186 e. The highest BCUT2D eigenvalue weighted by molar-refractivity contribution is 5.13. The van der Waals surface area contributed by atoms with E-state index in [0.29, 0.717) is 13.2 Å². The zero-order chi connectivity index (χ0) is 17.2. The molecule has 132 valence electrons. The zero-order valence-corrected chi connectivity index (χ0v) is 14.4. The quantitative estimate of drug-likeness (QED) is 0.811. The van der Waals surface area contributed by atoms with Crippen LogP contribution in [0.25, 0.3) is 0 Å². The Labute approximate surface area is 143 Å². The minimum Gasteiger partial charge on any atom is -0.349 e. The van der Waals surface area contributed by atoms with Crippen LogP contribution >= 0.6 is 0 Å². The number of rotatable bonds is 6. The van der Waals surface area contributed by atoms with Gasteiger partial charge in [-0.1, -0.05) is 36.4 Å². The number of hydrogen-bond donors (Lipinski definition) is 1. The van der Waals surface area contributed by atoms with Crippen LogP contribution < -0.4 is 5.73 Å². The molecule has 3 rings (SSSR count). The van der Waals surface area contributed by atoms with Crippen LogP contribution in [-0.4, -0.2) is 36.9 Å². The highest BCUT2D eigenvalue weighted by atomic mass is 16.8. The molecule has 1 aromatic rings. The molecule has 24 heavy (non-hydrogen) atoms. The Hall–Kier alpha value is -1.24. The van der Waals surface area contributed by atoms with E-state index in [1.165, 1.54) is 0 Å². The lowest BCUT2D eigenvalue weighted by Crippen LogP contribution is -2.54. The Kier molecular flexibility index (Phi) is 5.37. The number of ether oxygens (including phenoxy) is 4. The van der Waals surface area contributed by atoms with Crippen molar-refractivity contribution in [3.05, 3.63) is 48.6 Å². The molecule has 2 heterocycles. The predicted octanol–water partition coefficient (Wildman–Crippen LogP) is 2.60. The van der Waals surface area contributed by atoms with Gasteiger partial charge in [0.2, 0.25) is 0 Å². The second kappa shape index (κ2) is 7.33. The van der Waals surface area contributed by atoms with Gasteiger partial charge >= 0.3 is 0 Å². The van der Waals surface area contributed by atoms with Gasteiger partial charge < -0.3 is 24.7 Å². The van der Waals surface area contributed by atoms with Crippen LogP contribution in [0.3, 0.4) is 0 Å². The topological polar surface area (TPSA) is 62.9 Å². The van der Waals surface area contributed by atoms with Crippen molar-refractivity contribution in [1.82, 2.24) is 0 Å². The van der Waals surface area contributed by atoms with E-state index in [4.69, 9.17) is 24.7 Å². The summed E-state index contributed by atoms with van der Waals surface area (Å²) in [5.74, 6) is -0.602. The first-order chi connectivity index (χ1) is 11.5. The summed E-state index contributed by atoms with van der Waals surface area (Å²) in [6, 6.07) is 9.96. The lowest BCUT2D eigenvalue weighted by Gasteiger charge is -2.39. The third-order valence-electron chi connectivity index (χ3n) is 4.55. The Morgan fingerprint density at radius 3 is 2.71 bits per heavy atom. The van der Waals surface area contributed by atoms with Gasteiger partial charge in [-0.3, -0.25) is 0 Å². The normalized spacial score (nSPS) is 33.0. The van der Waals surface area contributed by atoms with E-state index in [9.17, 15) is 0 Å². The highest BCUT2D eigenvalue weighted by Gasteiger charge is 2.53. The maximum absolute atomic E-state index is 6.29. The molecular weight excluding hydrogens is 306 g/mol. The van der Waals surface area contributed by atoms with Crippen LogP contribution in [-0.2, 0) is 25.6 Å². The molecule has 0 saturated carbocycles. The van der Waals surface area contributed by atoms with Gasteiger partial charge in [0, 0.05) is 12.0 Å². The van der Waals surface area contributed by atoms with Crippen LogP contribution in [0.5, 0.6) is 0 Å². The molecule has 5 atom stereocenters. The average molecular weight is 333 g/mol. The van der Waals surface area contributed by atoms with E-state index in [1.54, 1.807) is 0 Å². The molecule has 5 nitrogen and oxygen atoms in total. The summed E-state index contributed by atoms with van der Waals surface area (Å²) in [7, 11) is 0. The lowest BCUT2D eigenvalue weighted by atomic mass is 9.87. The van der Waals surface area contributed by atoms with Crippen molar-refractivity contribution in [3.63, 3.8) is 0 Å². The third-order valence-corrected chi connectivity index (χ3v) is 4.55. The fourth-order valence-electron chi connectivity index (χ4n) is 3.38. The van der Waals surface area contributed by atoms with Crippen molar-refractivity contribution in [2.45, 2.75) is 57.2 Å². The van der Waals surface area contributed by atoms with Gasteiger partial charge in [-0.2, -0.15) is 0 Å². The largest absolute Gasteiger partial charge is 0.349 e. The minimum atomic E-state index is -0.663. The highest BCUT2D eigenvalue weighted by Crippen LogP contribution is 2.39. The minimum absolute atomic E-state index is 0.0614. The third kappa shape index (κ3) is 3.87. The summed E-state index contributed by atoms with van der Waals surface area (Å²) in [5.41, 5.74) is 7.38. The zero-order valence-electron chi connectivity index (χ0n) is 14.4. The van der Waals surface area contributed by atoms with Gasteiger partial charge in [-0.15, -0.1) is 6.58 Å². The molecule has 0 aliphatic carbocycles. The predicted molar refractivity (Wildman–Crippen MR) is 91.1 cm³/mol. The van der Waals surface area contributed by atoms with Gasteiger partial charge in [0.25, 0.3) is 0 Å². The standard InChI is InChI=1S/C19H27NO4/c1-4-8-15(20)14-12-22-18(17-16(14)23-19(2,3)24-17)21-11-13-9-6-5-7-10-13/h4-7,9-10,14-18H,1,8,11-12,20H2,2-3H3/t14-,15?,16-,17+,18?/m1/s1. The van der Waals surface area contributed by atoms with Gasteiger partial charge in [0.15, 0.2) is 12.1 Å². The number of benzene rings is 1. The van der Waals surface area contributed by atoms with Gasteiger partial charge in [-0.05, 0) is 25.8 Å². The molecular formula is C19H27NO4. The SMILES string of the molecule is C=CCC(N)[C@H]1COC(OCc2ccccc2)[C@H]2OC(C)(C)O[C@H]12. The number of fused-ring (bicyclic) bond motifs is 1. The molecule has 0 amide bonds. The van der Waals surface area contributed by atoms with E-state index in [1.807, 2.05) is 50.3 Å². The molecule has 2 saturated heterocycles. The molecule has 2 N–H and O–H groups in total. The number of hydrogen-bond acceptors (Lipinski definition) is 5. The van der Waals surface area contributed by atoms with Crippen molar-refractivity contribution in [1.29, 1.82) is 0 Å². The fourth-order valence-corrected chi connectivity index (χ4v) is 3.38. The molecule has 0 bridgehead atoms. The molecule has 5 heteroatoms. The van der Waals surface area contributed by atoms with E-state index < -0.39 is 12.1 Å². The van der Waals surface area contributed by atoms with Gasteiger partial charge in [-0.25, -0.2) is 0 Å². The Morgan fingerprint density at radius 2 is 2.00 bits per heavy atom. The first kappa shape index (κ1) is 17.6. The van der Waals surface area contributed by atoms with Crippen molar-refractivity contribution in [2.75, 3.05) is 6.61 Å². The molecule has 2 unspecified atom stereocenters. The summed E-state index contributed by atoms with van der Waals surface area (Å²) >= 11 is 0. The van der Waals surface area contributed by atoms with Gasteiger partial charge in [0.1, 0.15) is 6.10 Å². The second-order valence-corrected chi connectivity index (χ2v) is 6.92. The summed E-state index contributed by atoms with van der Waals surface area (Å²) in [6.07, 6.45) is 1.68. The second-order valence-electron chi connectivity index (χ2n) is 6.92. The Balaban J connectivity index is 1.68. The van der Waals surface area contributed by atoms with E-state index in [0.717, 1.165) is 12.0 Å². The number of nitrogens with two attached hydrogens (primary N) is 1. The van der Waals surface area contributed by atoms with Gasteiger partial charge in [0.05, 0.1) is 19.3 Å². The molecule has 2 fully saturated rings. The fraction of sp³-hybridized carbons (Fsp3) is 0.579. The molecule has 2 aliphatic heterocycles. The van der Waals surface area contributed by atoms with Crippen molar-refractivity contribution >= 4 is 0 Å². The summed E-state index contributed by atoms with van der Waals surface area (Å²) < 4.78 is 24.1. The first-order valence-corrected chi connectivity index (χ1v) is 8.49. The van der Waals surface area contributed by atoms with Crippen LogP contribution in [0.2, 0.25) is 0 Å². The van der Waals surface area contributed by atoms with Crippen molar-refractivity contribution in [3.8, 4) is 0 Å². The van der Waals surface area contributed by atoms with E-state index >= 15 is 0 Å². The van der Waals surface area contributed by atoms with E-state index in [2.05, 4.69) is 6.58 Å². The summed E-state index contributed by atoms with van der Waals surface area (Å²) in [4.78, 5) is 0. The molecule has 1 aromatic carbocycles. The summed E-state index contributed by atoms with van der Waals surface area (Å²) in [5, 5.41) is 0. The first-order valence-electron chi connectivity index (χ1n) is 8.49. The average Bonchev–Trinajstić information content (AvgIpc) is 2.88. The molecule has 2 aliphatic rings. The van der Waals surface area contributed by atoms with Crippen molar-refractivity contribution in [2.24, 2.45) is 11.7 Å². The van der Waals surface area contributed by atoms with Crippen molar-refractivity contribution < 1.29 is 18.9 Å². The summed E-state index contributed by atoms with van der Waals surface area (Å²) in [6.45, 7) is 8.56. The molecule has 0 radical (unpaired) electrons.